The molecule has 9 heteroatoms. The van der Waals surface area contributed by atoms with E-state index in [0.717, 1.165) is 32.4 Å². The van der Waals surface area contributed by atoms with Gasteiger partial charge in [0.2, 0.25) is 5.60 Å². The Labute approximate surface area is 158 Å². The van der Waals surface area contributed by atoms with Gasteiger partial charge in [0.25, 0.3) is 0 Å². The number of hydrogen-bond donors (Lipinski definition) is 3. The Balaban J connectivity index is 1.82. The van der Waals surface area contributed by atoms with E-state index >= 15 is 0 Å². The predicted octanol–water partition coefficient (Wildman–Crippen LogP) is 3.26. The Morgan fingerprint density at radius 3 is 2.67 bits per heavy atom. The average Bonchev–Trinajstić information content (AvgIpc) is 3.38. The molecule has 5 nitrogen and oxygen atoms in total. The molecule has 1 saturated carbocycles. The van der Waals surface area contributed by atoms with Gasteiger partial charge in [-0.15, -0.1) is 11.3 Å². The van der Waals surface area contributed by atoms with Crippen molar-refractivity contribution in [2.45, 2.75) is 38.1 Å². The molecule has 1 fully saturated rings. The lowest BCUT2D eigenvalue weighted by Gasteiger charge is -2.32. The van der Waals surface area contributed by atoms with Gasteiger partial charge in [0.15, 0.2) is 0 Å². The van der Waals surface area contributed by atoms with Gasteiger partial charge >= 0.3 is 6.18 Å². The number of nitriles is 1. The highest BCUT2D eigenvalue weighted by Gasteiger charge is 2.63. The van der Waals surface area contributed by atoms with E-state index in [1.807, 2.05) is 19.1 Å². The number of nitrogens with zero attached hydrogens (tertiary/aromatic N) is 2. The van der Waals surface area contributed by atoms with Crippen molar-refractivity contribution in [3.8, 4) is 6.07 Å². The number of thiophene rings is 1. The molecule has 1 unspecified atom stereocenters. The lowest BCUT2D eigenvalue weighted by Crippen LogP contribution is -2.52. The first-order valence-corrected chi connectivity index (χ1v) is 9.10. The second kappa shape index (κ2) is 6.71. The van der Waals surface area contributed by atoms with Gasteiger partial charge in [0.05, 0.1) is 12.2 Å². The second-order valence-corrected chi connectivity index (χ2v) is 7.85. The van der Waals surface area contributed by atoms with E-state index in [-0.39, 0.29) is 19.4 Å². The predicted molar refractivity (Wildman–Crippen MR) is 97.0 cm³/mol. The highest BCUT2D eigenvalue weighted by Crippen LogP contribution is 2.50. The number of halogens is 3. The lowest BCUT2D eigenvalue weighted by atomic mass is 9.93. The molecular formula is C18H19F3N4OS. The molecule has 1 aromatic carbocycles. The summed E-state index contributed by atoms with van der Waals surface area (Å²) in [5, 5.41) is 21.2. The zero-order valence-corrected chi connectivity index (χ0v) is 15.4. The molecule has 5 N–H and O–H groups in total. The van der Waals surface area contributed by atoms with Crippen LogP contribution in [0.5, 0.6) is 0 Å². The number of benzene rings is 1. The summed E-state index contributed by atoms with van der Waals surface area (Å²) in [6, 6.07) is 7.63. The number of nitrogens with two attached hydrogens (primary N) is 2. The fraction of sp³-hybridized carbons (Fsp3) is 0.389. The monoisotopic (exact) mass is 396 g/mol. The molecule has 27 heavy (non-hydrogen) atoms. The zero-order chi connectivity index (χ0) is 20.0. The van der Waals surface area contributed by atoms with Crippen LogP contribution in [0, 0.1) is 24.2 Å². The topological polar surface area (TPSA) is 99.3 Å². The maximum absolute atomic E-state index is 13.3. The summed E-state index contributed by atoms with van der Waals surface area (Å²) in [4.78, 5) is 0.621. The van der Waals surface area contributed by atoms with Crippen molar-refractivity contribution in [3.63, 3.8) is 0 Å². The molecule has 0 bridgehead atoms. The quantitative estimate of drug-likeness (QED) is 0.532. The molecule has 3 rings (SSSR count). The molecule has 1 heterocycles. The summed E-state index contributed by atoms with van der Waals surface area (Å²) in [5.74, 6) is 4.89. The standard InChI is InChI=1S/C18H19F3N4OS/c1-10-13-5-2-11(6-14(13)27-15(10)7-22)8-25(24)9-16(23)17(26,12-3-4-12)18(19,20)21/h2,5-6,9,12,26H,3-4,8,23-24H2,1H3/b16-9-. The van der Waals surface area contributed by atoms with E-state index in [9.17, 15) is 18.3 Å². The maximum atomic E-state index is 13.3. The summed E-state index contributed by atoms with van der Waals surface area (Å²) in [5.41, 5.74) is 3.49. The minimum atomic E-state index is -4.86. The molecule has 0 aliphatic heterocycles. The Morgan fingerprint density at radius 1 is 1.44 bits per heavy atom. The van der Waals surface area contributed by atoms with Gasteiger partial charge in [-0.25, -0.2) is 5.84 Å². The maximum Gasteiger partial charge on any atom is 0.423 e. The summed E-state index contributed by atoms with van der Waals surface area (Å²) >= 11 is 1.35. The minimum absolute atomic E-state index is 0.105. The molecule has 0 amide bonds. The largest absolute Gasteiger partial charge is 0.423 e. The first-order valence-electron chi connectivity index (χ1n) is 8.28. The van der Waals surface area contributed by atoms with Crippen LogP contribution in [0.4, 0.5) is 13.2 Å². The number of aliphatic hydroxyl groups is 1. The van der Waals surface area contributed by atoms with Gasteiger partial charge in [-0.2, -0.15) is 18.4 Å². The molecule has 0 saturated heterocycles. The average molecular weight is 396 g/mol. The van der Waals surface area contributed by atoms with Crippen LogP contribution in [-0.4, -0.2) is 21.9 Å². The van der Waals surface area contributed by atoms with E-state index < -0.39 is 23.4 Å². The van der Waals surface area contributed by atoms with Gasteiger partial charge in [-0.3, -0.25) is 0 Å². The van der Waals surface area contributed by atoms with Gasteiger partial charge in [-0.05, 0) is 42.3 Å². The molecule has 1 aliphatic carbocycles. The van der Waals surface area contributed by atoms with Crippen molar-refractivity contribution in [1.82, 2.24) is 5.01 Å². The van der Waals surface area contributed by atoms with Gasteiger partial charge in [0, 0.05) is 16.8 Å². The third-order valence-corrected chi connectivity index (χ3v) is 5.97. The molecule has 144 valence electrons. The summed E-state index contributed by atoms with van der Waals surface area (Å²) in [6.45, 7) is 1.97. The van der Waals surface area contributed by atoms with Gasteiger partial charge in [-0.1, -0.05) is 12.1 Å². The van der Waals surface area contributed by atoms with Crippen molar-refractivity contribution in [2.24, 2.45) is 17.5 Å². The van der Waals surface area contributed by atoms with Crippen LogP contribution < -0.4 is 11.6 Å². The van der Waals surface area contributed by atoms with Crippen molar-refractivity contribution in [1.29, 1.82) is 5.26 Å². The summed E-state index contributed by atoms with van der Waals surface area (Å²) in [7, 11) is 0. The molecule has 1 atom stereocenters. The normalized spacial score (nSPS) is 17.6. The molecule has 0 radical (unpaired) electrons. The number of hydrazine groups is 1. The van der Waals surface area contributed by atoms with Crippen LogP contribution in [-0.2, 0) is 6.54 Å². The smallest absolute Gasteiger partial charge is 0.398 e. The van der Waals surface area contributed by atoms with Crippen LogP contribution in [0.25, 0.3) is 10.1 Å². The van der Waals surface area contributed by atoms with Crippen LogP contribution in [0.3, 0.4) is 0 Å². The number of rotatable bonds is 5. The number of aryl methyl sites for hydroxylation is 1. The summed E-state index contributed by atoms with van der Waals surface area (Å²) < 4.78 is 40.8. The third-order valence-electron chi connectivity index (χ3n) is 4.81. The SMILES string of the molecule is Cc1c(C#N)sc2cc(CN(N)/C=C(\N)C(O)(C3CC3)C(F)(F)F)ccc12. The van der Waals surface area contributed by atoms with Gasteiger partial charge in [0.1, 0.15) is 10.9 Å². The van der Waals surface area contributed by atoms with Gasteiger partial charge < -0.3 is 15.8 Å². The van der Waals surface area contributed by atoms with Crippen LogP contribution in [0.1, 0.15) is 28.8 Å². The number of hydrogen-bond acceptors (Lipinski definition) is 6. The Bertz CT molecular complexity index is 942. The van der Waals surface area contributed by atoms with E-state index in [0.29, 0.717) is 4.88 Å². The highest BCUT2D eigenvalue weighted by atomic mass is 32.1. The third kappa shape index (κ3) is 3.48. The van der Waals surface area contributed by atoms with Crippen LogP contribution >= 0.6 is 11.3 Å². The van der Waals surface area contributed by atoms with Crippen molar-refractivity contribution >= 4 is 21.4 Å². The fourth-order valence-electron chi connectivity index (χ4n) is 3.14. The number of alkyl halides is 3. The number of fused-ring (bicyclic) bond motifs is 1. The first-order chi connectivity index (χ1) is 12.6. The zero-order valence-electron chi connectivity index (χ0n) is 14.5. The molecular weight excluding hydrogens is 377 g/mol. The molecule has 2 aromatic rings. The Hall–Kier alpha value is -2.28. The van der Waals surface area contributed by atoms with Crippen molar-refractivity contribution < 1.29 is 18.3 Å². The fourth-order valence-corrected chi connectivity index (χ4v) is 4.21. The van der Waals surface area contributed by atoms with E-state index in [1.165, 1.54) is 11.3 Å². The van der Waals surface area contributed by atoms with E-state index in [1.54, 1.807) is 6.07 Å². The van der Waals surface area contributed by atoms with Crippen LogP contribution in [0.15, 0.2) is 30.1 Å². The van der Waals surface area contributed by atoms with Crippen molar-refractivity contribution in [3.05, 3.63) is 46.1 Å². The molecule has 1 aromatic heterocycles. The lowest BCUT2D eigenvalue weighted by molar-refractivity contribution is -0.252. The molecule has 1 aliphatic rings. The minimum Gasteiger partial charge on any atom is -0.398 e. The highest BCUT2D eigenvalue weighted by molar-refractivity contribution is 7.19. The summed E-state index contributed by atoms with van der Waals surface area (Å²) in [6.07, 6.45) is -3.39. The Kier molecular flexibility index (Phi) is 4.84. The first kappa shape index (κ1) is 19.5. The second-order valence-electron chi connectivity index (χ2n) is 6.79. The van der Waals surface area contributed by atoms with E-state index in [4.69, 9.17) is 16.8 Å². The van der Waals surface area contributed by atoms with E-state index in [2.05, 4.69) is 6.07 Å². The van der Waals surface area contributed by atoms with Crippen LogP contribution in [0.2, 0.25) is 0 Å². The molecule has 0 spiro atoms. The van der Waals surface area contributed by atoms with Crippen molar-refractivity contribution in [2.75, 3.05) is 0 Å². The Morgan fingerprint density at radius 2 is 2.11 bits per heavy atom.